The summed E-state index contributed by atoms with van der Waals surface area (Å²) in [6.07, 6.45) is 12.3. The minimum Gasteiger partial charge on any atom is -0.507 e. The van der Waals surface area contributed by atoms with Crippen molar-refractivity contribution in [3.05, 3.63) is 64.7 Å². The van der Waals surface area contributed by atoms with Gasteiger partial charge in [-0.15, -0.1) is 0 Å². The monoisotopic (exact) mass is 396 g/mol. The van der Waals surface area contributed by atoms with Crippen molar-refractivity contribution in [2.24, 2.45) is 5.41 Å². The standard InChI is InChI=1S/C29H32O/c1-19-6-8-21-23(16-19)26(30)18-25-27(21)22-9-7-20(2)17-24(22)29(25)14-12-28(13-15-29)10-4-3-5-11-28/h6-9,16-18,30H,3-5,10-15H2,1-2H3. The summed E-state index contributed by atoms with van der Waals surface area (Å²) < 4.78 is 0. The van der Waals surface area contributed by atoms with Crippen molar-refractivity contribution < 1.29 is 5.11 Å². The minimum absolute atomic E-state index is 0.0793. The number of phenolic OH excluding ortho intramolecular Hbond substituents is 1. The molecule has 30 heavy (non-hydrogen) atoms. The van der Waals surface area contributed by atoms with Crippen LogP contribution in [0.15, 0.2) is 42.5 Å². The molecule has 0 radical (unpaired) electrons. The second kappa shape index (κ2) is 6.36. The van der Waals surface area contributed by atoms with Crippen LogP contribution in [0, 0.1) is 19.3 Å². The third-order valence-electron chi connectivity index (χ3n) is 8.82. The van der Waals surface area contributed by atoms with Gasteiger partial charge in [-0.2, -0.15) is 0 Å². The van der Waals surface area contributed by atoms with Crippen LogP contribution in [0.4, 0.5) is 0 Å². The first-order chi connectivity index (χ1) is 14.5. The first-order valence-corrected chi connectivity index (χ1v) is 11.9. The molecular formula is C29H32O. The van der Waals surface area contributed by atoms with Crippen molar-refractivity contribution in [2.75, 3.05) is 0 Å². The van der Waals surface area contributed by atoms with E-state index in [2.05, 4.69) is 56.3 Å². The van der Waals surface area contributed by atoms with Gasteiger partial charge in [0.1, 0.15) is 5.75 Å². The van der Waals surface area contributed by atoms with Gasteiger partial charge in [-0.05, 0) is 97.6 Å². The Morgan fingerprint density at radius 1 is 0.667 bits per heavy atom. The molecule has 0 amide bonds. The average molecular weight is 397 g/mol. The van der Waals surface area contributed by atoms with Crippen LogP contribution in [0.1, 0.15) is 80.0 Å². The molecule has 1 heteroatoms. The zero-order valence-corrected chi connectivity index (χ0v) is 18.4. The van der Waals surface area contributed by atoms with Gasteiger partial charge in [-0.3, -0.25) is 0 Å². The maximum Gasteiger partial charge on any atom is 0.123 e. The highest BCUT2D eigenvalue weighted by molar-refractivity contribution is 6.05. The topological polar surface area (TPSA) is 20.2 Å². The molecule has 0 atom stereocenters. The fourth-order valence-corrected chi connectivity index (χ4v) is 7.15. The second-order valence-corrected chi connectivity index (χ2v) is 10.6. The lowest BCUT2D eigenvalue weighted by Gasteiger charge is -2.48. The Bertz CT molecular complexity index is 1150. The highest BCUT2D eigenvalue weighted by Crippen LogP contribution is 2.62. The lowest BCUT2D eigenvalue weighted by atomic mass is 9.56. The molecule has 0 heterocycles. The highest BCUT2D eigenvalue weighted by Gasteiger charge is 2.49. The van der Waals surface area contributed by atoms with Crippen LogP contribution >= 0.6 is 0 Å². The van der Waals surface area contributed by atoms with Gasteiger partial charge in [0.25, 0.3) is 0 Å². The fourth-order valence-electron chi connectivity index (χ4n) is 7.15. The number of benzene rings is 3. The van der Waals surface area contributed by atoms with Crippen LogP contribution in [0.3, 0.4) is 0 Å². The molecule has 1 nitrogen and oxygen atoms in total. The SMILES string of the molecule is Cc1ccc2c(c1)C1(CCC3(CCCCC3)CC1)c1cc(O)c3cc(C)ccc3c1-2. The summed E-state index contributed by atoms with van der Waals surface area (Å²) in [5, 5.41) is 13.3. The van der Waals surface area contributed by atoms with E-state index in [9.17, 15) is 5.11 Å². The van der Waals surface area contributed by atoms with E-state index in [4.69, 9.17) is 0 Å². The maximum absolute atomic E-state index is 11.0. The van der Waals surface area contributed by atoms with Crippen LogP contribution in [0.5, 0.6) is 5.75 Å². The van der Waals surface area contributed by atoms with Crippen LogP contribution in [0.2, 0.25) is 0 Å². The maximum atomic E-state index is 11.0. The van der Waals surface area contributed by atoms with Gasteiger partial charge in [-0.1, -0.05) is 60.7 Å². The van der Waals surface area contributed by atoms with E-state index >= 15 is 0 Å². The van der Waals surface area contributed by atoms with E-state index in [1.165, 1.54) is 96.6 Å². The Balaban J connectivity index is 1.57. The molecule has 2 saturated carbocycles. The normalized spacial score (nSPS) is 21.1. The summed E-state index contributed by atoms with van der Waals surface area (Å²) >= 11 is 0. The molecule has 1 N–H and O–H groups in total. The molecule has 2 spiro atoms. The second-order valence-electron chi connectivity index (χ2n) is 10.6. The Labute approximate surface area is 180 Å². The van der Waals surface area contributed by atoms with Crippen LogP contribution in [0.25, 0.3) is 21.9 Å². The van der Waals surface area contributed by atoms with Gasteiger partial charge in [0.05, 0.1) is 0 Å². The van der Waals surface area contributed by atoms with Gasteiger partial charge in [0.2, 0.25) is 0 Å². The summed E-state index contributed by atoms with van der Waals surface area (Å²) in [5.74, 6) is 0.453. The fraction of sp³-hybridized carbons (Fsp3) is 0.448. The molecule has 0 saturated heterocycles. The highest BCUT2D eigenvalue weighted by atomic mass is 16.3. The number of phenols is 1. The van der Waals surface area contributed by atoms with Crippen LogP contribution in [-0.4, -0.2) is 5.11 Å². The number of fused-ring (bicyclic) bond motifs is 7. The van der Waals surface area contributed by atoms with E-state index in [-0.39, 0.29) is 5.41 Å². The minimum atomic E-state index is 0.0793. The predicted molar refractivity (Wildman–Crippen MR) is 125 cm³/mol. The zero-order chi connectivity index (χ0) is 20.5. The molecule has 0 bridgehead atoms. The third-order valence-corrected chi connectivity index (χ3v) is 8.82. The van der Waals surface area contributed by atoms with Crippen molar-refractivity contribution in [1.82, 2.24) is 0 Å². The molecule has 6 rings (SSSR count). The zero-order valence-electron chi connectivity index (χ0n) is 18.4. The molecular weight excluding hydrogens is 364 g/mol. The molecule has 0 aliphatic heterocycles. The summed E-state index contributed by atoms with van der Waals surface area (Å²) in [5.41, 5.74) is 8.93. The van der Waals surface area contributed by atoms with Crippen molar-refractivity contribution in [3.63, 3.8) is 0 Å². The van der Waals surface area contributed by atoms with Crippen molar-refractivity contribution >= 4 is 10.8 Å². The molecule has 0 aromatic heterocycles. The lowest BCUT2D eigenvalue weighted by molar-refractivity contribution is 0.0951. The number of rotatable bonds is 0. The Morgan fingerprint density at radius 3 is 2.13 bits per heavy atom. The van der Waals surface area contributed by atoms with E-state index in [1.807, 2.05) is 0 Å². The predicted octanol–water partition coefficient (Wildman–Crippen LogP) is 7.95. The summed E-state index contributed by atoms with van der Waals surface area (Å²) in [7, 11) is 0. The largest absolute Gasteiger partial charge is 0.507 e. The van der Waals surface area contributed by atoms with Crippen LogP contribution in [-0.2, 0) is 5.41 Å². The van der Waals surface area contributed by atoms with Gasteiger partial charge in [0, 0.05) is 10.8 Å². The van der Waals surface area contributed by atoms with Crippen LogP contribution < -0.4 is 0 Å². The van der Waals surface area contributed by atoms with Crippen molar-refractivity contribution in [3.8, 4) is 16.9 Å². The van der Waals surface area contributed by atoms with E-state index in [0.717, 1.165) is 5.39 Å². The van der Waals surface area contributed by atoms with E-state index < -0.39 is 0 Å². The van der Waals surface area contributed by atoms with E-state index in [1.54, 1.807) is 0 Å². The van der Waals surface area contributed by atoms with Gasteiger partial charge >= 0.3 is 0 Å². The Hall–Kier alpha value is -2.28. The summed E-state index contributed by atoms with van der Waals surface area (Å²) in [4.78, 5) is 0. The first-order valence-electron chi connectivity index (χ1n) is 11.9. The molecule has 3 aromatic rings. The molecule has 2 fully saturated rings. The molecule has 154 valence electrons. The van der Waals surface area contributed by atoms with Gasteiger partial charge in [-0.25, -0.2) is 0 Å². The number of hydrogen-bond acceptors (Lipinski definition) is 1. The number of aromatic hydroxyl groups is 1. The van der Waals surface area contributed by atoms with Gasteiger partial charge in [0.15, 0.2) is 0 Å². The quantitative estimate of drug-likeness (QED) is 0.409. The molecule has 3 aliphatic rings. The smallest absolute Gasteiger partial charge is 0.123 e. The third kappa shape index (κ3) is 2.47. The first kappa shape index (κ1) is 18.5. The van der Waals surface area contributed by atoms with E-state index in [0.29, 0.717) is 11.2 Å². The summed E-state index contributed by atoms with van der Waals surface area (Å²) in [6.45, 7) is 4.33. The van der Waals surface area contributed by atoms with Gasteiger partial charge < -0.3 is 5.11 Å². The Morgan fingerprint density at radius 2 is 1.37 bits per heavy atom. The molecule has 0 unspecified atom stereocenters. The molecule has 3 aliphatic carbocycles. The number of aryl methyl sites for hydroxylation is 2. The summed E-state index contributed by atoms with van der Waals surface area (Å²) in [6, 6.07) is 15.8. The molecule has 3 aromatic carbocycles. The average Bonchev–Trinajstić information content (AvgIpc) is 3.00. The number of hydrogen-bond donors (Lipinski definition) is 1. The lowest BCUT2D eigenvalue weighted by Crippen LogP contribution is -2.38. The van der Waals surface area contributed by atoms with Crippen molar-refractivity contribution in [1.29, 1.82) is 0 Å². The Kier molecular flexibility index (Phi) is 3.92. The van der Waals surface area contributed by atoms with Crippen molar-refractivity contribution in [2.45, 2.75) is 77.0 Å².